The Kier molecular flexibility index (Phi) is 5.24. The van der Waals surface area contributed by atoms with E-state index in [0.29, 0.717) is 12.5 Å². The number of para-hydroxylation sites is 1. The zero-order valence-corrected chi connectivity index (χ0v) is 15.3. The number of hydrogen-bond acceptors (Lipinski definition) is 2. The minimum Gasteiger partial charge on any atom is -0.493 e. The maximum Gasteiger partial charge on any atom is 0.253 e. The van der Waals surface area contributed by atoms with Crippen LogP contribution in [-0.4, -0.2) is 35.1 Å². The molecule has 0 saturated carbocycles. The molecule has 0 aliphatic carbocycles. The average Bonchev–Trinajstić information content (AvgIpc) is 3.28. The van der Waals surface area contributed by atoms with Crippen LogP contribution in [-0.2, 0) is 0 Å². The van der Waals surface area contributed by atoms with Gasteiger partial charge in [0, 0.05) is 42.7 Å². The summed E-state index contributed by atoms with van der Waals surface area (Å²) >= 11 is 0. The van der Waals surface area contributed by atoms with Crippen LogP contribution in [0.1, 0.15) is 23.2 Å². The van der Waals surface area contributed by atoms with E-state index in [2.05, 4.69) is 0 Å². The van der Waals surface area contributed by atoms with Crippen molar-refractivity contribution in [1.82, 2.24) is 9.47 Å². The highest BCUT2D eigenvalue weighted by Crippen LogP contribution is 2.21. The van der Waals surface area contributed by atoms with Gasteiger partial charge < -0.3 is 14.2 Å². The standard InChI is InChI=1S/C23H24N2O2/c26-23(20-10-12-21(13-11-20)24-14-4-5-15-24)25-16-6-7-19(17-25)18-27-22-8-2-1-3-9-22/h1-5,8-15,19H,6-7,16-18H2. The van der Waals surface area contributed by atoms with Crippen LogP contribution in [0.3, 0.4) is 0 Å². The lowest BCUT2D eigenvalue weighted by Crippen LogP contribution is -2.41. The normalized spacial score (nSPS) is 16.9. The molecule has 1 fully saturated rings. The average molecular weight is 360 g/mol. The van der Waals surface area contributed by atoms with Gasteiger partial charge in [0.2, 0.25) is 0 Å². The van der Waals surface area contributed by atoms with Crippen LogP contribution < -0.4 is 4.74 Å². The lowest BCUT2D eigenvalue weighted by molar-refractivity contribution is 0.0633. The Bertz CT molecular complexity index is 857. The van der Waals surface area contributed by atoms with Gasteiger partial charge in [-0.25, -0.2) is 0 Å². The fraction of sp³-hybridized carbons (Fsp3) is 0.261. The third kappa shape index (κ3) is 4.22. The van der Waals surface area contributed by atoms with Crippen molar-refractivity contribution in [2.45, 2.75) is 12.8 Å². The fourth-order valence-corrected chi connectivity index (χ4v) is 3.58. The van der Waals surface area contributed by atoms with Crippen molar-refractivity contribution < 1.29 is 9.53 Å². The molecule has 2 heterocycles. The van der Waals surface area contributed by atoms with Gasteiger partial charge in [0.05, 0.1) is 6.61 Å². The molecule has 1 atom stereocenters. The quantitative estimate of drug-likeness (QED) is 0.675. The van der Waals surface area contributed by atoms with E-state index in [1.807, 2.05) is 88.6 Å². The highest BCUT2D eigenvalue weighted by Gasteiger charge is 2.25. The fourth-order valence-electron chi connectivity index (χ4n) is 3.58. The van der Waals surface area contributed by atoms with Gasteiger partial charge >= 0.3 is 0 Å². The molecule has 4 heteroatoms. The first-order valence-corrected chi connectivity index (χ1v) is 9.50. The highest BCUT2D eigenvalue weighted by molar-refractivity contribution is 5.94. The van der Waals surface area contributed by atoms with Crippen LogP contribution in [0.15, 0.2) is 79.1 Å². The molecule has 0 bridgehead atoms. The van der Waals surface area contributed by atoms with E-state index < -0.39 is 0 Å². The van der Waals surface area contributed by atoms with Gasteiger partial charge in [0.25, 0.3) is 5.91 Å². The lowest BCUT2D eigenvalue weighted by atomic mass is 9.98. The number of carbonyl (C=O) groups is 1. The van der Waals surface area contributed by atoms with Crippen molar-refractivity contribution in [3.8, 4) is 11.4 Å². The topological polar surface area (TPSA) is 34.5 Å². The predicted octanol–water partition coefficient (Wildman–Crippen LogP) is 4.41. The van der Waals surface area contributed by atoms with Gasteiger partial charge in [-0.05, 0) is 61.4 Å². The Morgan fingerprint density at radius 3 is 2.44 bits per heavy atom. The van der Waals surface area contributed by atoms with Crippen molar-refractivity contribution >= 4 is 5.91 Å². The minimum absolute atomic E-state index is 0.110. The number of ether oxygens (including phenoxy) is 1. The molecule has 138 valence electrons. The molecule has 0 spiro atoms. The van der Waals surface area contributed by atoms with E-state index in [0.717, 1.165) is 42.9 Å². The molecule has 1 amide bonds. The van der Waals surface area contributed by atoms with Crippen LogP contribution in [0.25, 0.3) is 5.69 Å². The Balaban J connectivity index is 1.36. The van der Waals surface area contributed by atoms with E-state index in [9.17, 15) is 4.79 Å². The maximum absolute atomic E-state index is 12.9. The smallest absolute Gasteiger partial charge is 0.253 e. The number of aromatic nitrogens is 1. The number of piperidine rings is 1. The second-order valence-electron chi connectivity index (χ2n) is 7.02. The van der Waals surface area contributed by atoms with Crippen molar-refractivity contribution in [3.05, 3.63) is 84.7 Å². The summed E-state index contributed by atoms with van der Waals surface area (Å²) in [7, 11) is 0. The number of likely N-dealkylation sites (tertiary alicyclic amines) is 1. The summed E-state index contributed by atoms with van der Waals surface area (Å²) in [6.45, 7) is 2.23. The monoisotopic (exact) mass is 360 g/mol. The SMILES string of the molecule is O=C(c1ccc(-n2cccc2)cc1)N1CCCC(COc2ccccc2)C1. The number of rotatable bonds is 5. The van der Waals surface area contributed by atoms with E-state index >= 15 is 0 Å². The molecule has 1 saturated heterocycles. The molecule has 1 aromatic heterocycles. The Morgan fingerprint density at radius 1 is 0.963 bits per heavy atom. The van der Waals surface area contributed by atoms with E-state index in [1.54, 1.807) is 0 Å². The summed E-state index contributed by atoms with van der Waals surface area (Å²) in [6.07, 6.45) is 6.12. The minimum atomic E-state index is 0.110. The Hall–Kier alpha value is -3.01. The van der Waals surface area contributed by atoms with Gasteiger partial charge in [0.15, 0.2) is 0 Å². The third-order valence-corrected chi connectivity index (χ3v) is 5.05. The molecule has 3 aromatic rings. The number of carbonyl (C=O) groups excluding carboxylic acids is 1. The summed E-state index contributed by atoms with van der Waals surface area (Å²) in [5.41, 5.74) is 1.81. The van der Waals surface area contributed by atoms with Gasteiger partial charge in [-0.3, -0.25) is 4.79 Å². The molecular formula is C23H24N2O2. The van der Waals surface area contributed by atoms with Crippen molar-refractivity contribution in [3.63, 3.8) is 0 Å². The number of hydrogen-bond donors (Lipinski definition) is 0. The third-order valence-electron chi connectivity index (χ3n) is 5.05. The number of nitrogens with zero attached hydrogens (tertiary/aromatic N) is 2. The van der Waals surface area contributed by atoms with Crippen LogP contribution >= 0.6 is 0 Å². The summed E-state index contributed by atoms with van der Waals surface area (Å²) in [5.74, 6) is 1.38. The van der Waals surface area contributed by atoms with Crippen molar-refractivity contribution in [2.24, 2.45) is 5.92 Å². The number of benzene rings is 2. The molecule has 27 heavy (non-hydrogen) atoms. The largest absolute Gasteiger partial charge is 0.493 e. The summed E-state index contributed by atoms with van der Waals surface area (Å²) < 4.78 is 7.93. The first-order chi connectivity index (χ1) is 13.3. The molecular weight excluding hydrogens is 336 g/mol. The lowest BCUT2D eigenvalue weighted by Gasteiger charge is -2.32. The molecule has 1 aliphatic rings. The zero-order chi connectivity index (χ0) is 18.5. The molecule has 4 rings (SSSR count). The van der Waals surface area contributed by atoms with Gasteiger partial charge in [-0.2, -0.15) is 0 Å². The Labute approximate surface area is 160 Å². The first kappa shape index (κ1) is 17.4. The summed E-state index contributed by atoms with van der Waals surface area (Å²) in [6, 6.07) is 21.7. The molecule has 0 radical (unpaired) electrons. The van der Waals surface area contributed by atoms with Crippen molar-refractivity contribution in [1.29, 1.82) is 0 Å². The number of amides is 1. The maximum atomic E-state index is 12.9. The van der Waals surface area contributed by atoms with E-state index in [1.165, 1.54) is 0 Å². The zero-order valence-electron chi connectivity index (χ0n) is 15.3. The van der Waals surface area contributed by atoms with Gasteiger partial charge in [0.1, 0.15) is 5.75 Å². The van der Waals surface area contributed by atoms with Crippen molar-refractivity contribution in [2.75, 3.05) is 19.7 Å². The molecule has 0 N–H and O–H groups in total. The van der Waals surface area contributed by atoms with Crippen LogP contribution in [0, 0.1) is 5.92 Å². The van der Waals surface area contributed by atoms with E-state index in [-0.39, 0.29) is 5.91 Å². The second-order valence-corrected chi connectivity index (χ2v) is 7.02. The van der Waals surface area contributed by atoms with Crippen LogP contribution in [0.4, 0.5) is 0 Å². The molecule has 4 nitrogen and oxygen atoms in total. The summed E-state index contributed by atoms with van der Waals surface area (Å²) in [5, 5.41) is 0. The molecule has 1 unspecified atom stereocenters. The van der Waals surface area contributed by atoms with Gasteiger partial charge in [-0.15, -0.1) is 0 Å². The summed E-state index contributed by atoms with van der Waals surface area (Å²) in [4.78, 5) is 14.9. The predicted molar refractivity (Wildman–Crippen MR) is 106 cm³/mol. The second kappa shape index (κ2) is 8.12. The highest BCUT2D eigenvalue weighted by atomic mass is 16.5. The van der Waals surface area contributed by atoms with Crippen LogP contribution in [0.2, 0.25) is 0 Å². The Morgan fingerprint density at radius 2 is 1.70 bits per heavy atom. The van der Waals surface area contributed by atoms with Crippen LogP contribution in [0.5, 0.6) is 5.75 Å². The molecule has 1 aliphatic heterocycles. The molecule has 2 aromatic carbocycles. The first-order valence-electron chi connectivity index (χ1n) is 9.50. The van der Waals surface area contributed by atoms with E-state index in [4.69, 9.17) is 4.74 Å². The van der Waals surface area contributed by atoms with Gasteiger partial charge in [-0.1, -0.05) is 18.2 Å².